The highest BCUT2D eigenvalue weighted by atomic mass is 35.5. The molecule has 0 spiro atoms. The van der Waals surface area contributed by atoms with Gasteiger partial charge in [0.25, 0.3) is 0 Å². The van der Waals surface area contributed by atoms with E-state index in [9.17, 15) is 14.0 Å². The predicted octanol–water partition coefficient (Wildman–Crippen LogP) is 3.23. The van der Waals surface area contributed by atoms with Gasteiger partial charge < -0.3 is 15.4 Å². The van der Waals surface area contributed by atoms with E-state index in [1.165, 1.54) is 35.9 Å². The zero-order valence-electron chi connectivity index (χ0n) is 13.9. The summed E-state index contributed by atoms with van der Waals surface area (Å²) >= 11 is 7.19. The Morgan fingerprint density at radius 2 is 2.08 bits per heavy atom. The van der Waals surface area contributed by atoms with Crippen LogP contribution in [0.5, 0.6) is 0 Å². The second kappa shape index (κ2) is 7.65. The Balaban J connectivity index is 2.08. The molecule has 0 saturated carbocycles. The lowest BCUT2D eigenvalue weighted by Gasteiger charge is -2.25. The molecule has 26 heavy (non-hydrogen) atoms. The molecule has 1 aliphatic heterocycles. The Hall–Kier alpha value is -2.09. The van der Waals surface area contributed by atoms with Crippen LogP contribution in [0.2, 0.25) is 5.02 Å². The maximum absolute atomic E-state index is 14.3. The molecule has 3 rings (SSSR count). The standard InChI is InChI=1S/C18H16ClFN2O3S/c1-25-18(24)12-6-15-16(7-13(12)20)26-9-14(21)17(23)22(15)8-10-2-4-11(19)5-3-10/h2-7,14H,8-9,21H2,1H3/t14-/m0/s1. The number of amides is 1. The number of benzene rings is 2. The molecular weight excluding hydrogens is 379 g/mol. The Labute approximate surface area is 159 Å². The van der Waals surface area contributed by atoms with Crippen LogP contribution >= 0.6 is 23.4 Å². The second-order valence-electron chi connectivity index (χ2n) is 5.76. The number of methoxy groups -OCH3 is 1. The maximum Gasteiger partial charge on any atom is 0.340 e. The molecule has 2 aromatic carbocycles. The van der Waals surface area contributed by atoms with Crippen LogP contribution in [-0.4, -0.2) is 30.8 Å². The van der Waals surface area contributed by atoms with Crippen molar-refractivity contribution in [2.75, 3.05) is 17.8 Å². The molecular formula is C18H16ClFN2O3S. The fraction of sp³-hybridized carbons (Fsp3) is 0.222. The van der Waals surface area contributed by atoms with Crippen LogP contribution in [0.4, 0.5) is 10.1 Å². The van der Waals surface area contributed by atoms with Crippen LogP contribution < -0.4 is 10.6 Å². The zero-order valence-corrected chi connectivity index (χ0v) is 15.4. The molecule has 0 fully saturated rings. The molecule has 0 bridgehead atoms. The van der Waals surface area contributed by atoms with E-state index in [1.54, 1.807) is 24.3 Å². The second-order valence-corrected chi connectivity index (χ2v) is 7.26. The molecule has 8 heteroatoms. The van der Waals surface area contributed by atoms with E-state index in [4.69, 9.17) is 17.3 Å². The minimum atomic E-state index is -0.803. The first-order valence-electron chi connectivity index (χ1n) is 7.76. The first-order chi connectivity index (χ1) is 12.4. The van der Waals surface area contributed by atoms with E-state index in [2.05, 4.69) is 4.74 Å². The van der Waals surface area contributed by atoms with E-state index in [-0.39, 0.29) is 18.0 Å². The summed E-state index contributed by atoms with van der Waals surface area (Å²) in [6.45, 7) is 0.226. The SMILES string of the molecule is COC(=O)c1cc2c(cc1F)SC[C@H](N)C(=O)N2Cc1ccc(Cl)cc1. The molecule has 0 radical (unpaired) electrons. The Bertz CT molecular complexity index is 860. The molecule has 0 saturated heterocycles. The van der Waals surface area contributed by atoms with Gasteiger partial charge in [0.1, 0.15) is 5.82 Å². The molecule has 2 aromatic rings. The van der Waals surface area contributed by atoms with Gasteiger partial charge in [0.15, 0.2) is 0 Å². The molecule has 1 aliphatic rings. The van der Waals surface area contributed by atoms with Crippen molar-refractivity contribution in [2.24, 2.45) is 5.73 Å². The first-order valence-corrected chi connectivity index (χ1v) is 9.13. The van der Waals surface area contributed by atoms with Crippen molar-refractivity contribution in [3.8, 4) is 0 Å². The van der Waals surface area contributed by atoms with Crippen molar-refractivity contribution in [1.82, 2.24) is 0 Å². The van der Waals surface area contributed by atoms with Crippen LogP contribution in [0.15, 0.2) is 41.3 Å². The van der Waals surface area contributed by atoms with Gasteiger partial charge in [-0.25, -0.2) is 9.18 Å². The van der Waals surface area contributed by atoms with Gasteiger partial charge in [0, 0.05) is 15.7 Å². The minimum absolute atomic E-state index is 0.226. The summed E-state index contributed by atoms with van der Waals surface area (Å²) in [6.07, 6.45) is 0. The average molecular weight is 395 g/mol. The highest BCUT2D eigenvalue weighted by Gasteiger charge is 2.30. The maximum atomic E-state index is 14.3. The minimum Gasteiger partial charge on any atom is -0.465 e. The van der Waals surface area contributed by atoms with Crippen molar-refractivity contribution in [3.05, 3.63) is 58.4 Å². The number of nitrogens with zero attached hydrogens (tertiary/aromatic N) is 1. The smallest absolute Gasteiger partial charge is 0.340 e. The van der Waals surface area contributed by atoms with E-state index < -0.39 is 17.8 Å². The van der Waals surface area contributed by atoms with E-state index in [0.717, 1.165) is 5.56 Å². The van der Waals surface area contributed by atoms with Gasteiger partial charge in [0.05, 0.1) is 30.9 Å². The lowest BCUT2D eigenvalue weighted by Crippen LogP contribution is -2.44. The molecule has 1 amide bonds. The monoisotopic (exact) mass is 394 g/mol. The summed E-state index contributed by atoms with van der Waals surface area (Å²) in [6, 6.07) is 8.89. The molecule has 0 unspecified atom stereocenters. The van der Waals surface area contributed by atoms with Gasteiger partial charge in [0.2, 0.25) is 5.91 Å². The van der Waals surface area contributed by atoms with Gasteiger partial charge in [-0.15, -0.1) is 11.8 Å². The van der Waals surface area contributed by atoms with E-state index in [0.29, 0.717) is 21.4 Å². The molecule has 0 aliphatic carbocycles. The Kier molecular flexibility index (Phi) is 5.50. The number of carbonyl (C=O) groups is 2. The quantitative estimate of drug-likeness (QED) is 0.809. The number of nitrogens with two attached hydrogens (primary N) is 1. The zero-order chi connectivity index (χ0) is 18.8. The van der Waals surface area contributed by atoms with Crippen LogP contribution in [0.3, 0.4) is 0 Å². The number of hydrogen-bond donors (Lipinski definition) is 1. The normalized spacial score (nSPS) is 16.8. The summed E-state index contributed by atoms with van der Waals surface area (Å²) in [5.74, 6) is -1.48. The fourth-order valence-electron chi connectivity index (χ4n) is 2.64. The number of rotatable bonds is 3. The van der Waals surface area contributed by atoms with Crippen molar-refractivity contribution >= 4 is 40.9 Å². The lowest BCUT2D eigenvalue weighted by molar-refractivity contribution is -0.119. The van der Waals surface area contributed by atoms with E-state index in [1.807, 2.05) is 0 Å². The molecule has 5 nitrogen and oxygen atoms in total. The molecule has 1 atom stereocenters. The largest absolute Gasteiger partial charge is 0.465 e. The van der Waals surface area contributed by atoms with Gasteiger partial charge >= 0.3 is 5.97 Å². The number of hydrogen-bond acceptors (Lipinski definition) is 5. The third kappa shape index (κ3) is 3.70. The van der Waals surface area contributed by atoms with Gasteiger partial charge in [-0.3, -0.25) is 4.79 Å². The highest BCUT2D eigenvalue weighted by Crippen LogP contribution is 2.37. The number of fused-ring (bicyclic) bond motifs is 1. The lowest BCUT2D eigenvalue weighted by atomic mass is 10.1. The van der Waals surface area contributed by atoms with Crippen LogP contribution in [0.25, 0.3) is 0 Å². The topological polar surface area (TPSA) is 72.6 Å². The predicted molar refractivity (Wildman–Crippen MR) is 99.1 cm³/mol. The van der Waals surface area contributed by atoms with Gasteiger partial charge in [-0.1, -0.05) is 23.7 Å². The first kappa shape index (κ1) is 18.7. The number of anilines is 1. The van der Waals surface area contributed by atoms with Crippen molar-refractivity contribution < 1.29 is 18.7 Å². The van der Waals surface area contributed by atoms with Gasteiger partial charge in [-0.2, -0.15) is 0 Å². The summed E-state index contributed by atoms with van der Waals surface area (Å²) in [5.41, 5.74) is 7.01. The number of carbonyl (C=O) groups excluding carboxylic acids is 2. The third-order valence-electron chi connectivity index (χ3n) is 4.00. The fourth-order valence-corrected chi connectivity index (χ4v) is 3.77. The summed E-state index contributed by atoms with van der Waals surface area (Å²) in [4.78, 5) is 26.6. The molecule has 136 valence electrons. The highest BCUT2D eigenvalue weighted by molar-refractivity contribution is 7.99. The number of ether oxygens (including phenoxy) is 1. The van der Waals surface area contributed by atoms with Crippen molar-refractivity contribution in [3.63, 3.8) is 0 Å². The molecule has 0 aromatic heterocycles. The average Bonchev–Trinajstić information content (AvgIpc) is 2.74. The molecule has 1 heterocycles. The number of esters is 1. The van der Waals surface area contributed by atoms with Gasteiger partial charge in [-0.05, 0) is 29.8 Å². The van der Waals surface area contributed by atoms with Crippen LogP contribution in [0.1, 0.15) is 15.9 Å². The van der Waals surface area contributed by atoms with Crippen molar-refractivity contribution in [2.45, 2.75) is 17.5 Å². The van der Waals surface area contributed by atoms with Crippen molar-refractivity contribution in [1.29, 1.82) is 0 Å². The summed E-state index contributed by atoms with van der Waals surface area (Å²) in [7, 11) is 1.18. The summed E-state index contributed by atoms with van der Waals surface area (Å²) in [5, 5.41) is 0.582. The molecule has 2 N–H and O–H groups in total. The van der Waals surface area contributed by atoms with E-state index >= 15 is 0 Å². The third-order valence-corrected chi connectivity index (χ3v) is 5.42. The Morgan fingerprint density at radius 1 is 1.38 bits per heavy atom. The van der Waals surface area contributed by atoms with Crippen LogP contribution in [0, 0.1) is 5.82 Å². The summed E-state index contributed by atoms with van der Waals surface area (Å²) < 4.78 is 18.9. The number of halogens is 2. The number of thioether (sulfide) groups is 1. The van der Waals surface area contributed by atoms with Crippen LogP contribution in [-0.2, 0) is 16.1 Å². The Morgan fingerprint density at radius 3 is 2.73 bits per heavy atom.